The Balaban J connectivity index is 2.03. The van der Waals surface area contributed by atoms with Gasteiger partial charge in [-0.1, -0.05) is 19.1 Å². The molecule has 1 aliphatic rings. The maximum Gasteiger partial charge on any atom is 0.124 e. The Kier molecular flexibility index (Phi) is 3.79. The highest BCUT2D eigenvalue weighted by molar-refractivity contribution is 5.83. The molecular weight excluding hydrogens is 212 g/mol. The molecule has 0 aromatic heterocycles. The summed E-state index contributed by atoms with van der Waals surface area (Å²) in [6, 6.07) is 7.70. The summed E-state index contributed by atoms with van der Waals surface area (Å²) in [5.41, 5.74) is 0.804. The molecule has 0 saturated carbocycles. The minimum atomic E-state index is 0.303. The zero-order valence-electron chi connectivity index (χ0n) is 10.5. The van der Waals surface area contributed by atoms with E-state index in [1.807, 2.05) is 24.4 Å². The van der Waals surface area contributed by atoms with Gasteiger partial charge >= 0.3 is 0 Å². The van der Waals surface area contributed by atoms with Gasteiger partial charge in [0.1, 0.15) is 5.75 Å². The minimum Gasteiger partial charge on any atom is -0.507 e. The van der Waals surface area contributed by atoms with E-state index in [9.17, 15) is 5.11 Å². The molecule has 0 spiro atoms. The van der Waals surface area contributed by atoms with Gasteiger partial charge in [-0.3, -0.25) is 4.99 Å². The lowest BCUT2D eigenvalue weighted by molar-refractivity contribution is 0.198. The number of para-hydroxylation sites is 1. The van der Waals surface area contributed by atoms with Crippen LogP contribution in [0.1, 0.15) is 18.9 Å². The van der Waals surface area contributed by atoms with Crippen LogP contribution in [0.3, 0.4) is 0 Å². The van der Waals surface area contributed by atoms with Crippen LogP contribution in [0.5, 0.6) is 5.75 Å². The van der Waals surface area contributed by atoms with Gasteiger partial charge in [0.15, 0.2) is 0 Å². The van der Waals surface area contributed by atoms with Gasteiger partial charge in [-0.05, 0) is 38.1 Å². The van der Waals surface area contributed by atoms with Crippen molar-refractivity contribution in [3.8, 4) is 5.75 Å². The number of hydrogen-bond acceptors (Lipinski definition) is 3. The Bertz CT molecular complexity index is 403. The number of hydrogen-bond donors (Lipinski definition) is 1. The molecule has 92 valence electrons. The lowest BCUT2D eigenvalue weighted by Crippen LogP contribution is -2.38. The number of rotatable bonds is 2. The second-order valence-corrected chi connectivity index (χ2v) is 4.93. The van der Waals surface area contributed by atoms with Crippen LogP contribution >= 0.6 is 0 Å². The molecule has 17 heavy (non-hydrogen) atoms. The number of piperidine rings is 1. The molecule has 0 amide bonds. The Hall–Kier alpha value is -1.35. The van der Waals surface area contributed by atoms with Crippen molar-refractivity contribution in [2.24, 2.45) is 10.9 Å². The van der Waals surface area contributed by atoms with Gasteiger partial charge in [-0.2, -0.15) is 0 Å². The lowest BCUT2D eigenvalue weighted by atomic mass is 9.95. The fourth-order valence-electron chi connectivity index (χ4n) is 2.34. The van der Waals surface area contributed by atoms with Crippen molar-refractivity contribution in [1.29, 1.82) is 0 Å². The van der Waals surface area contributed by atoms with Crippen LogP contribution in [0.25, 0.3) is 0 Å². The van der Waals surface area contributed by atoms with Crippen molar-refractivity contribution < 1.29 is 5.11 Å². The average Bonchev–Trinajstić information content (AvgIpc) is 2.30. The minimum absolute atomic E-state index is 0.303. The highest BCUT2D eigenvalue weighted by Gasteiger charge is 2.22. The molecule has 2 unspecified atom stereocenters. The fourth-order valence-corrected chi connectivity index (χ4v) is 2.34. The van der Waals surface area contributed by atoms with Crippen LogP contribution in [0, 0.1) is 5.92 Å². The van der Waals surface area contributed by atoms with Crippen LogP contribution in [0.4, 0.5) is 0 Å². The number of phenolic OH excluding ortho intramolecular Hbond substituents is 1. The normalized spacial score (nSPS) is 26.5. The summed E-state index contributed by atoms with van der Waals surface area (Å²) < 4.78 is 0. The van der Waals surface area contributed by atoms with Gasteiger partial charge in [0.2, 0.25) is 0 Å². The summed E-state index contributed by atoms with van der Waals surface area (Å²) in [5.74, 6) is 0.882. The van der Waals surface area contributed by atoms with E-state index in [4.69, 9.17) is 0 Å². The highest BCUT2D eigenvalue weighted by atomic mass is 16.3. The number of nitrogens with zero attached hydrogens (tertiary/aromatic N) is 2. The summed E-state index contributed by atoms with van der Waals surface area (Å²) >= 11 is 0. The first-order valence-corrected chi connectivity index (χ1v) is 6.16. The third-order valence-electron chi connectivity index (χ3n) is 3.40. The zero-order chi connectivity index (χ0) is 12.3. The van der Waals surface area contributed by atoms with Crippen LogP contribution < -0.4 is 0 Å². The van der Waals surface area contributed by atoms with E-state index >= 15 is 0 Å². The van der Waals surface area contributed by atoms with E-state index in [1.165, 1.54) is 0 Å². The van der Waals surface area contributed by atoms with E-state index in [1.54, 1.807) is 6.07 Å². The molecule has 1 saturated heterocycles. The van der Waals surface area contributed by atoms with Gasteiger partial charge in [-0.15, -0.1) is 0 Å². The quantitative estimate of drug-likeness (QED) is 0.793. The number of likely N-dealkylation sites (tertiary alicyclic amines) is 1. The molecule has 1 aromatic rings. The second-order valence-electron chi connectivity index (χ2n) is 4.93. The molecule has 0 radical (unpaired) electrons. The first-order valence-electron chi connectivity index (χ1n) is 6.16. The van der Waals surface area contributed by atoms with Crippen LogP contribution in [0.2, 0.25) is 0 Å². The molecule has 2 atom stereocenters. The molecule has 1 aliphatic heterocycles. The zero-order valence-corrected chi connectivity index (χ0v) is 10.5. The van der Waals surface area contributed by atoms with Crippen LogP contribution in [-0.2, 0) is 0 Å². The predicted molar refractivity (Wildman–Crippen MR) is 70.8 cm³/mol. The molecule has 1 N–H and O–H groups in total. The second kappa shape index (κ2) is 5.32. The predicted octanol–water partition coefficient (Wildman–Crippen LogP) is 2.15. The van der Waals surface area contributed by atoms with Gasteiger partial charge in [-0.25, -0.2) is 0 Å². The average molecular weight is 232 g/mol. The third-order valence-corrected chi connectivity index (χ3v) is 3.40. The Morgan fingerprint density at radius 1 is 1.41 bits per heavy atom. The molecule has 0 bridgehead atoms. The molecule has 0 aliphatic carbocycles. The Labute approximate surface area is 103 Å². The standard InChI is InChI=1S/C14H20N2O/c1-11-10-16(2)8-7-13(11)15-9-12-5-3-4-6-14(12)17/h3-6,9,11,13,17H,7-8,10H2,1-2H3. The van der Waals surface area contributed by atoms with E-state index in [-0.39, 0.29) is 0 Å². The summed E-state index contributed by atoms with van der Waals surface area (Å²) in [5, 5.41) is 9.65. The molecule has 3 heteroatoms. The third kappa shape index (κ3) is 3.07. The van der Waals surface area contributed by atoms with Crippen molar-refractivity contribution in [2.75, 3.05) is 20.1 Å². The molecule has 3 nitrogen and oxygen atoms in total. The lowest BCUT2D eigenvalue weighted by Gasteiger charge is -2.32. The molecule has 1 aromatic carbocycles. The van der Waals surface area contributed by atoms with Crippen LogP contribution in [-0.4, -0.2) is 42.4 Å². The smallest absolute Gasteiger partial charge is 0.124 e. The van der Waals surface area contributed by atoms with Crippen molar-refractivity contribution in [3.05, 3.63) is 29.8 Å². The summed E-state index contributed by atoms with van der Waals surface area (Å²) in [7, 11) is 2.15. The Morgan fingerprint density at radius 2 is 2.18 bits per heavy atom. The van der Waals surface area contributed by atoms with E-state index in [0.29, 0.717) is 17.7 Å². The SMILES string of the molecule is CC1CN(C)CCC1N=Cc1ccccc1O. The van der Waals surface area contributed by atoms with Crippen molar-refractivity contribution >= 4 is 6.21 Å². The van der Waals surface area contributed by atoms with Gasteiger partial charge < -0.3 is 10.0 Å². The number of phenols is 1. The van der Waals surface area contributed by atoms with Crippen molar-refractivity contribution in [3.63, 3.8) is 0 Å². The van der Waals surface area contributed by atoms with Crippen molar-refractivity contribution in [2.45, 2.75) is 19.4 Å². The maximum atomic E-state index is 9.65. The largest absolute Gasteiger partial charge is 0.507 e. The summed E-state index contributed by atoms with van der Waals surface area (Å²) in [6.45, 7) is 4.44. The number of aromatic hydroxyl groups is 1. The maximum absolute atomic E-state index is 9.65. The number of benzene rings is 1. The molecule has 1 heterocycles. The molecular formula is C14H20N2O. The monoisotopic (exact) mass is 232 g/mol. The molecule has 2 rings (SSSR count). The van der Waals surface area contributed by atoms with Gasteiger partial charge in [0, 0.05) is 18.3 Å². The van der Waals surface area contributed by atoms with Gasteiger partial charge in [0.05, 0.1) is 6.04 Å². The van der Waals surface area contributed by atoms with Crippen molar-refractivity contribution in [1.82, 2.24) is 4.90 Å². The van der Waals surface area contributed by atoms with Crippen LogP contribution in [0.15, 0.2) is 29.3 Å². The summed E-state index contributed by atoms with van der Waals surface area (Å²) in [6.07, 6.45) is 2.91. The first kappa shape index (κ1) is 12.1. The molecule has 1 fully saturated rings. The van der Waals surface area contributed by atoms with Gasteiger partial charge in [0.25, 0.3) is 0 Å². The number of aliphatic imine (C=N–C) groups is 1. The van der Waals surface area contributed by atoms with E-state index in [0.717, 1.165) is 25.1 Å². The first-order chi connectivity index (χ1) is 8.16. The van der Waals surface area contributed by atoms with E-state index < -0.39 is 0 Å². The topological polar surface area (TPSA) is 35.8 Å². The highest BCUT2D eigenvalue weighted by Crippen LogP contribution is 2.19. The summed E-state index contributed by atoms with van der Waals surface area (Å²) in [4.78, 5) is 6.96. The Morgan fingerprint density at radius 3 is 2.88 bits per heavy atom. The fraction of sp³-hybridized carbons (Fsp3) is 0.500. The van der Waals surface area contributed by atoms with E-state index in [2.05, 4.69) is 23.9 Å².